The number of hydrogen-bond acceptors (Lipinski definition) is 3. The molecule has 0 spiro atoms. The fourth-order valence-electron chi connectivity index (χ4n) is 1.80. The minimum absolute atomic E-state index is 0.345. The fraction of sp³-hybridized carbons (Fsp3) is 0.571. The first-order chi connectivity index (χ1) is 9.36. The van der Waals surface area contributed by atoms with E-state index in [1.807, 2.05) is 26.8 Å². The summed E-state index contributed by atoms with van der Waals surface area (Å²) in [5.74, 6) is 0.678. The van der Waals surface area contributed by atoms with Crippen molar-refractivity contribution in [3.63, 3.8) is 0 Å². The first-order valence-electron chi connectivity index (χ1n) is 6.35. The molecule has 0 amide bonds. The summed E-state index contributed by atoms with van der Waals surface area (Å²) in [6.07, 6.45) is 1.58. The molecule has 0 radical (unpaired) electrons. The van der Waals surface area contributed by atoms with Crippen LogP contribution in [-0.2, 0) is 14.2 Å². The molecule has 0 N–H and O–H groups in total. The second-order valence-corrected chi connectivity index (χ2v) is 7.31. The number of halogens is 3. The maximum Gasteiger partial charge on any atom is 0.211 e. The van der Waals surface area contributed by atoms with Crippen LogP contribution in [0.1, 0.15) is 20.8 Å². The van der Waals surface area contributed by atoms with Crippen molar-refractivity contribution in [3.05, 3.63) is 33.0 Å². The third-order valence-corrected chi connectivity index (χ3v) is 4.76. The molecule has 0 aliphatic heterocycles. The summed E-state index contributed by atoms with van der Waals surface area (Å²) in [5, 5.41) is 0. The Bertz CT molecular complexity index is 431. The molecule has 0 saturated carbocycles. The second kappa shape index (κ2) is 8.13. The zero-order valence-corrected chi connectivity index (χ0v) is 16.6. The van der Waals surface area contributed by atoms with E-state index in [2.05, 4.69) is 54.4 Å². The number of alkyl halides is 1. The van der Waals surface area contributed by atoms with Crippen molar-refractivity contribution < 1.29 is 14.2 Å². The van der Waals surface area contributed by atoms with Crippen LogP contribution in [0.4, 0.5) is 0 Å². The molecular formula is C14H19Br3O3. The van der Waals surface area contributed by atoms with Gasteiger partial charge in [0, 0.05) is 11.1 Å². The minimum atomic E-state index is -0.861. The molecule has 3 nitrogen and oxygen atoms in total. The molecule has 114 valence electrons. The van der Waals surface area contributed by atoms with Gasteiger partial charge in [-0.25, -0.2) is 0 Å². The average molecular weight is 475 g/mol. The van der Waals surface area contributed by atoms with E-state index in [0.717, 1.165) is 14.5 Å². The van der Waals surface area contributed by atoms with Gasteiger partial charge >= 0.3 is 0 Å². The molecular weight excluding hydrogens is 456 g/mol. The van der Waals surface area contributed by atoms with E-state index in [9.17, 15) is 0 Å². The molecule has 1 aliphatic carbocycles. The zero-order valence-electron chi connectivity index (χ0n) is 11.8. The van der Waals surface area contributed by atoms with Gasteiger partial charge in [-0.1, -0.05) is 28.1 Å². The van der Waals surface area contributed by atoms with Crippen molar-refractivity contribution in [2.24, 2.45) is 0 Å². The van der Waals surface area contributed by atoms with Crippen LogP contribution in [0.25, 0.3) is 0 Å². The van der Waals surface area contributed by atoms with E-state index in [4.69, 9.17) is 14.2 Å². The molecule has 20 heavy (non-hydrogen) atoms. The Hall–Kier alpha value is 0.380. The molecule has 1 rings (SSSR count). The summed E-state index contributed by atoms with van der Waals surface area (Å²) < 4.78 is 18.4. The van der Waals surface area contributed by atoms with E-state index in [-0.39, 0.29) is 6.10 Å². The lowest BCUT2D eigenvalue weighted by Crippen LogP contribution is -2.46. The third-order valence-electron chi connectivity index (χ3n) is 2.52. The Labute approximate surface area is 145 Å². The van der Waals surface area contributed by atoms with Gasteiger partial charge < -0.3 is 14.2 Å². The normalized spacial score (nSPS) is 26.5. The van der Waals surface area contributed by atoms with Crippen molar-refractivity contribution in [3.8, 4) is 0 Å². The molecule has 0 saturated heterocycles. The maximum absolute atomic E-state index is 5.93. The highest BCUT2D eigenvalue weighted by atomic mass is 79.9. The van der Waals surface area contributed by atoms with E-state index in [0.29, 0.717) is 25.6 Å². The molecule has 1 aliphatic rings. The van der Waals surface area contributed by atoms with E-state index in [1.165, 1.54) is 0 Å². The van der Waals surface area contributed by atoms with Gasteiger partial charge in [0.25, 0.3) is 0 Å². The second-order valence-electron chi connectivity index (χ2n) is 4.37. The molecule has 0 aromatic carbocycles. The fourth-order valence-corrected chi connectivity index (χ4v) is 4.95. The summed E-state index contributed by atoms with van der Waals surface area (Å²) in [7, 11) is 0. The number of ether oxygens (including phenoxy) is 3. The minimum Gasteiger partial charge on any atom is -0.493 e. The third kappa shape index (κ3) is 4.19. The number of allylic oxidation sites excluding steroid dienone is 2. The summed E-state index contributed by atoms with van der Waals surface area (Å²) >= 11 is 10.7. The highest BCUT2D eigenvalue weighted by Crippen LogP contribution is 2.46. The lowest BCUT2D eigenvalue weighted by atomic mass is 10.1. The number of hydrogen-bond donors (Lipinski definition) is 0. The van der Waals surface area contributed by atoms with Crippen LogP contribution >= 0.6 is 47.8 Å². The standard InChI is InChI=1S/C14H19Br3O3/c1-5-18-12-10(15)7-11(16)13(19-8-9(3)4)14(12,17)20-6-2/h7,13H,3,5-6,8H2,1-2,4H3. The zero-order chi connectivity index (χ0) is 15.3. The first-order valence-corrected chi connectivity index (χ1v) is 8.73. The van der Waals surface area contributed by atoms with Crippen LogP contribution in [0.2, 0.25) is 0 Å². The van der Waals surface area contributed by atoms with Crippen LogP contribution in [0.5, 0.6) is 0 Å². The van der Waals surface area contributed by atoms with Gasteiger partial charge in [0.1, 0.15) is 6.10 Å². The predicted octanol–water partition coefficient (Wildman–Crippen LogP) is 5.01. The van der Waals surface area contributed by atoms with Crippen molar-refractivity contribution in [1.82, 2.24) is 0 Å². The SMILES string of the molecule is C=C(C)COC1C(Br)=CC(Br)=C(OCC)C1(Br)OCC. The summed E-state index contributed by atoms with van der Waals surface area (Å²) in [6.45, 7) is 11.2. The van der Waals surface area contributed by atoms with E-state index in [1.54, 1.807) is 0 Å². The molecule has 0 aromatic rings. The molecule has 0 fully saturated rings. The van der Waals surface area contributed by atoms with Gasteiger partial charge in [-0.3, -0.25) is 0 Å². The number of rotatable bonds is 7. The maximum atomic E-state index is 5.93. The van der Waals surface area contributed by atoms with Crippen molar-refractivity contribution in [1.29, 1.82) is 0 Å². The van der Waals surface area contributed by atoms with Crippen LogP contribution in [0, 0.1) is 0 Å². The predicted molar refractivity (Wildman–Crippen MR) is 92.4 cm³/mol. The van der Waals surface area contributed by atoms with Crippen LogP contribution < -0.4 is 0 Å². The topological polar surface area (TPSA) is 27.7 Å². The Balaban J connectivity index is 3.15. The lowest BCUT2D eigenvalue weighted by Gasteiger charge is -2.39. The smallest absolute Gasteiger partial charge is 0.211 e. The Morgan fingerprint density at radius 2 is 2.00 bits per heavy atom. The van der Waals surface area contributed by atoms with Crippen LogP contribution in [0.15, 0.2) is 33.0 Å². The lowest BCUT2D eigenvalue weighted by molar-refractivity contribution is -0.0685. The molecule has 2 atom stereocenters. The van der Waals surface area contributed by atoms with Crippen LogP contribution in [0.3, 0.4) is 0 Å². The highest BCUT2D eigenvalue weighted by Gasteiger charge is 2.48. The van der Waals surface area contributed by atoms with E-state index < -0.39 is 4.51 Å². The highest BCUT2D eigenvalue weighted by molar-refractivity contribution is 9.12. The van der Waals surface area contributed by atoms with Gasteiger partial charge in [0.05, 0.1) is 17.7 Å². The summed E-state index contributed by atoms with van der Waals surface area (Å²) in [5.41, 5.74) is 0.947. The van der Waals surface area contributed by atoms with Crippen LogP contribution in [-0.4, -0.2) is 30.4 Å². The van der Waals surface area contributed by atoms with Crippen molar-refractivity contribution >= 4 is 47.8 Å². The molecule has 0 aromatic heterocycles. The van der Waals surface area contributed by atoms with Gasteiger partial charge in [0.2, 0.25) is 4.51 Å². The average Bonchev–Trinajstić information content (AvgIpc) is 2.34. The van der Waals surface area contributed by atoms with Crippen molar-refractivity contribution in [2.75, 3.05) is 19.8 Å². The largest absolute Gasteiger partial charge is 0.493 e. The van der Waals surface area contributed by atoms with E-state index >= 15 is 0 Å². The Morgan fingerprint density at radius 1 is 1.35 bits per heavy atom. The Morgan fingerprint density at radius 3 is 2.50 bits per heavy atom. The van der Waals surface area contributed by atoms with Gasteiger partial charge in [-0.2, -0.15) is 0 Å². The molecule has 0 heterocycles. The summed E-state index contributed by atoms with van der Waals surface area (Å²) in [4.78, 5) is 0. The monoisotopic (exact) mass is 472 g/mol. The van der Waals surface area contributed by atoms with Crippen molar-refractivity contribution in [2.45, 2.75) is 31.4 Å². The van der Waals surface area contributed by atoms with Gasteiger partial charge in [-0.15, -0.1) is 0 Å². The van der Waals surface area contributed by atoms with Gasteiger partial charge in [0.15, 0.2) is 5.76 Å². The first kappa shape index (κ1) is 18.4. The summed E-state index contributed by atoms with van der Waals surface area (Å²) in [6, 6.07) is 0. The quantitative estimate of drug-likeness (QED) is 0.383. The molecule has 0 bridgehead atoms. The molecule has 2 unspecified atom stereocenters. The Kier molecular flexibility index (Phi) is 7.49. The van der Waals surface area contributed by atoms with Gasteiger partial charge in [-0.05, 0) is 58.7 Å². The molecule has 6 heteroatoms.